The fourth-order valence-corrected chi connectivity index (χ4v) is 4.32. The zero-order valence-corrected chi connectivity index (χ0v) is 18.7. The van der Waals surface area contributed by atoms with Gasteiger partial charge < -0.3 is 31.0 Å². The molecule has 0 fully saturated rings. The largest absolute Gasteiger partial charge is 0.481 e. The molecule has 0 radical (unpaired) electrons. The normalized spacial score (nSPS) is 12.1. The lowest BCUT2D eigenvalue weighted by Crippen LogP contribution is -2.13. The maximum atomic E-state index is 13.1. The predicted octanol–water partition coefficient (Wildman–Crippen LogP) is 3.34. The van der Waals surface area contributed by atoms with Crippen LogP contribution >= 0.6 is 0 Å². The molecule has 5 rings (SSSR count). The summed E-state index contributed by atoms with van der Waals surface area (Å²) >= 11 is 0. The van der Waals surface area contributed by atoms with E-state index < -0.39 is 5.97 Å². The van der Waals surface area contributed by atoms with Gasteiger partial charge in [0, 0.05) is 35.6 Å². The molecule has 9 nitrogen and oxygen atoms in total. The first kappa shape index (κ1) is 22.3. The number of carboxylic acid groups (broad SMARTS) is 1. The van der Waals surface area contributed by atoms with Crippen LogP contribution < -0.4 is 21.9 Å². The summed E-state index contributed by atoms with van der Waals surface area (Å²) in [6, 6.07) is 12.1. The van der Waals surface area contributed by atoms with Gasteiger partial charge >= 0.3 is 0 Å². The summed E-state index contributed by atoms with van der Waals surface area (Å²) < 4.78 is 2.29. The number of fused-ring (bicyclic) bond motifs is 3. The van der Waals surface area contributed by atoms with Gasteiger partial charge in [0.25, 0.3) is 11.5 Å². The summed E-state index contributed by atoms with van der Waals surface area (Å²) in [5, 5.41) is 15.0. The van der Waals surface area contributed by atoms with Gasteiger partial charge in [-0.2, -0.15) is 0 Å². The van der Waals surface area contributed by atoms with Crippen molar-refractivity contribution >= 4 is 39.3 Å². The molecule has 33 heavy (non-hydrogen) atoms. The monoisotopic (exact) mass is 448 g/mol. The highest BCUT2D eigenvalue weighted by Gasteiger charge is 2.21. The van der Waals surface area contributed by atoms with Gasteiger partial charge in [-0.3, -0.25) is 9.59 Å². The third-order valence-electron chi connectivity index (χ3n) is 5.63. The molecule has 0 saturated carbocycles. The summed E-state index contributed by atoms with van der Waals surface area (Å²) in [5.41, 5.74) is 12.7. The van der Waals surface area contributed by atoms with Gasteiger partial charge in [0.1, 0.15) is 5.69 Å². The number of benzene rings is 2. The number of H-pyrrole nitrogens is 1. The van der Waals surface area contributed by atoms with Crippen LogP contribution in [0.5, 0.6) is 0 Å². The number of carboxylic acids is 1. The van der Waals surface area contributed by atoms with Crippen molar-refractivity contribution < 1.29 is 9.90 Å². The molecule has 0 spiro atoms. The Morgan fingerprint density at radius 2 is 1.91 bits per heavy atom. The number of aryl methyl sites for hydroxylation is 1. The van der Waals surface area contributed by atoms with Crippen LogP contribution in [0.4, 0.5) is 11.4 Å². The molecule has 0 atom stereocenters. The van der Waals surface area contributed by atoms with E-state index in [-0.39, 0.29) is 5.56 Å². The molecule has 0 bridgehead atoms. The fraction of sp³-hybridized carbons (Fsp3) is 0.292. The second kappa shape index (κ2) is 9.33. The Hall–Kier alpha value is -3.85. The highest BCUT2D eigenvalue weighted by Crippen LogP contribution is 2.35. The molecule has 3 heterocycles. The number of para-hydroxylation sites is 1. The molecular formula is C24H28N6O3. The average Bonchev–Trinajstić information content (AvgIpc) is 3.36. The Morgan fingerprint density at radius 3 is 2.61 bits per heavy atom. The van der Waals surface area contributed by atoms with Gasteiger partial charge in [-0.1, -0.05) is 25.1 Å². The molecule has 9 heteroatoms. The molecule has 0 aliphatic carbocycles. The van der Waals surface area contributed by atoms with E-state index in [1.807, 2.05) is 24.3 Å². The summed E-state index contributed by atoms with van der Waals surface area (Å²) in [7, 11) is 0. The van der Waals surface area contributed by atoms with E-state index in [1.54, 1.807) is 0 Å². The molecule has 1 aliphatic rings. The van der Waals surface area contributed by atoms with Gasteiger partial charge in [-0.25, -0.2) is 4.98 Å². The average molecular weight is 449 g/mol. The number of hydrogen-bond donors (Lipinski definition) is 5. The van der Waals surface area contributed by atoms with Crippen molar-refractivity contribution in [3.8, 4) is 11.3 Å². The number of carbonyl (C=O) groups is 1. The summed E-state index contributed by atoms with van der Waals surface area (Å²) in [4.78, 5) is 30.0. The molecule has 6 N–H and O–H groups in total. The van der Waals surface area contributed by atoms with Crippen LogP contribution in [0.2, 0.25) is 0 Å². The summed E-state index contributed by atoms with van der Waals surface area (Å²) in [5.74, 6) is -0.833. The van der Waals surface area contributed by atoms with E-state index in [9.17, 15) is 4.79 Å². The Labute approximate surface area is 190 Å². The number of rotatable bonds is 5. The van der Waals surface area contributed by atoms with Gasteiger partial charge in [0.15, 0.2) is 0 Å². The van der Waals surface area contributed by atoms with Crippen molar-refractivity contribution in [2.24, 2.45) is 5.73 Å². The minimum atomic E-state index is -0.833. The molecule has 0 unspecified atom stereocenters. The number of hydrogen-bond acceptors (Lipinski definition) is 6. The minimum Gasteiger partial charge on any atom is -0.481 e. The molecular weight excluding hydrogens is 420 g/mol. The Kier molecular flexibility index (Phi) is 6.32. The smallest absolute Gasteiger partial charge is 0.300 e. The van der Waals surface area contributed by atoms with Crippen molar-refractivity contribution in [1.82, 2.24) is 14.5 Å². The van der Waals surface area contributed by atoms with Crippen LogP contribution in [0.1, 0.15) is 26.0 Å². The number of anilines is 2. The number of nitrogens with one attached hydrogen (secondary N) is 3. The van der Waals surface area contributed by atoms with Crippen LogP contribution in [-0.4, -0.2) is 38.8 Å². The van der Waals surface area contributed by atoms with Gasteiger partial charge in [-0.05, 0) is 37.6 Å². The van der Waals surface area contributed by atoms with E-state index in [0.717, 1.165) is 70.9 Å². The second-order valence-corrected chi connectivity index (χ2v) is 7.87. The first-order valence-corrected chi connectivity index (χ1v) is 11.0. The fourth-order valence-electron chi connectivity index (χ4n) is 4.32. The number of nitrogens with zero attached hydrogens (tertiary/aromatic N) is 2. The van der Waals surface area contributed by atoms with E-state index in [4.69, 9.17) is 20.6 Å². The van der Waals surface area contributed by atoms with Crippen molar-refractivity contribution in [1.29, 1.82) is 0 Å². The first-order chi connectivity index (χ1) is 15.9. The molecule has 1 aliphatic heterocycles. The number of nitrogens with two attached hydrogens (primary N) is 1. The Morgan fingerprint density at radius 1 is 1.21 bits per heavy atom. The van der Waals surface area contributed by atoms with Crippen molar-refractivity contribution in [2.45, 2.75) is 33.2 Å². The third-order valence-corrected chi connectivity index (χ3v) is 5.63. The standard InChI is InChI=1S/C22H24N6O.C2H4O2/c1-2-18-20(13-6-3-4-7-19(13)28(18)9-5-8-23)21-22(29)27-17-11-15-14(24-12-25-15)10-16(17)26-21;1-2(3)4/h3-4,6-7,10-11,24-25H,2,5,8-9,12,23H2,1H3,(H,27,29);1H3,(H,3,4). The van der Waals surface area contributed by atoms with Crippen LogP contribution in [-0.2, 0) is 17.8 Å². The van der Waals surface area contributed by atoms with Crippen LogP contribution in [0, 0.1) is 0 Å². The quantitative estimate of drug-likeness (QED) is 0.316. The zero-order chi connectivity index (χ0) is 23.5. The molecule has 0 amide bonds. The zero-order valence-electron chi connectivity index (χ0n) is 18.7. The van der Waals surface area contributed by atoms with Gasteiger partial charge in [-0.15, -0.1) is 0 Å². The predicted molar refractivity (Wildman–Crippen MR) is 132 cm³/mol. The highest BCUT2D eigenvalue weighted by molar-refractivity contribution is 5.98. The molecule has 4 aromatic rings. The lowest BCUT2D eigenvalue weighted by molar-refractivity contribution is -0.134. The van der Waals surface area contributed by atoms with E-state index in [2.05, 4.69) is 39.2 Å². The van der Waals surface area contributed by atoms with Crippen molar-refractivity contribution in [3.63, 3.8) is 0 Å². The SMILES string of the molecule is CC(=O)O.CCc1c(-c2nc3cc4c(cc3[nH]c2=O)NCN4)c2ccccc2n1CCCN. The number of aromatic amines is 1. The lowest BCUT2D eigenvalue weighted by atomic mass is 10.1. The first-order valence-electron chi connectivity index (χ1n) is 11.0. The molecule has 2 aromatic heterocycles. The van der Waals surface area contributed by atoms with Crippen LogP contribution in [0.15, 0.2) is 41.2 Å². The maximum absolute atomic E-state index is 13.1. The highest BCUT2D eigenvalue weighted by atomic mass is 16.4. The van der Waals surface area contributed by atoms with Crippen LogP contribution in [0.3, 0.4) is 0 Å². The van der Waals surface area contributed by atoms with E-state index >= 15 is 0 Å². The van der Waals surface area contributed by atoms with Crippen molar-refractivity contribution in [2.75, 3.05) is 23.8 Å². The van der Waals surface area contributed by atoms with Crippen LogP contribution in [0.25, 0.3) is 33.2 Å². The molecule has 172 valence electrons. The summed E-state index contributed by atoms with van der Waals surface area (Å²) in [6.45, 7) is 5.34. The summed E-state index contributed by atoms with van der Waals surface area (Å²) in [6.07, 6.45) is 1.70. The van der Waals surface area contributed by atoms with E-state index in [1.165, 1.54) is 0 Å². The number of aromatic nitrogens is 3. The third kappa shape index (κ3) is 4.27. The van der Waals surface area contributed by atoms with Gasteiger partial charge in [0.2, 0.25) is 0 Å². The molecule has 2 aromatic carbocycles. The Balaban J connectivity index is 0.000000601. The minimum absolute atomic E-state index is 0.167. The maximum Gasteiger partial charge on any atom is 0.300 e. The molecule has 0 saturated heterocycles. The number of aliphatic carboxylic acids is 1. The van der Waals surface area contributed by atoms with Crippen molar-refractivity contribution in [3.05, 3.63) is 52.4 Å². The van der Waals surface area contributed by atoms with Gasteiger partial charge in [0.05, 0.1) is 29.1 Å². The Bertz CT molecular complexity index is 1380. The second-order valence-electron chi connectivity index (χ2n) is 7.87. The lowest BCUT2D eigenvalue weighted by Gasteiger charge is -2.10. The van der Waals surface area contributed by atoms with E-state index in [0.29, 0.717) is 18.9 Å². The topological polar surface area (TPSA) is 138 Å².